The predicted octanol–water partition coefficient (Wildman–Crippen LogP) is 1.17. The van der Waals surface area contributed by atoms with Crippen LogP contribution >= 0.6 is 0 Å². The van der Waals surface area contributed by atoms with Gasteiger partial charge in [0.1, 0.15) is 12.4 Å². The van der Waals surface area contributed by atoms with Crippen molar-refractivity contribution in [3.63, 3.8) is 0 Å². The number of hydrogen-bond acceptors (Lipinski definition) is 5. The first-order valence-electron chi connectivity index (χ1n) is 6.38. The molecule has 0 aliphatic carbocycles. The van der Waals surface area contributed by atoms with Crippen molar-refractivity contribution >= 4 is 17.7 Å². The summed E-state index contributed by atoms with van der Waals surface area (Å²) in [5.41, 5.74) is 0.452. The van der Waals surface area contributed by atoms with E-state index in [0.29, 0.717) is 5.56 Å². The van der Waals surface area contributed by atoms with Crippen molar-refractivity contribution < 1.29 is 14.3 Å². The van der Waals surface area contributed by atoms with E-state index in [1.165, 1.54) is 18.2 Å². The van der Waals surface area contributed by atoms with Gasteiger partial charge in [-0.1, -0.05) is 0 Å². The maximum atomic E-state index is 12.4. The number of amides is 1. The van der Waals surface area contributed by atoms with Crippen LogP contribution in [-0.4, -0.2) is 55.6 Å². The molecule has 0 aromatic carbocycles. The lowest BCUT2D eigenvalue weighted by atomic mass is 10.2. The summed E-state index contributed by atoms with van der Waals surface area (Å²) >= 11 is 0. The molecule has 0 atom stereocenters. The number of anilines is 1. The Morgan fingerprint density at radius 3 is 2.35 bits per heavy atom. The molecule has 1 amide bonds. The van der Waals surface area contributed by atoms with Crippen molar-refractivity contribution in [3.05, 3.63) is 23.9 Å². The van der Waals surface area contributed by atoms with Crippen LogP contribution in [-0.2, 0) is 9.53 Å². The van der Waals surface area contributed by atoms with Gasteiger partial charge in [0.2, 0.25) is 0 Å². The highest BCUT2D eigenvalue weighted by Crippen LogP contribution is 2.12. The zero-order chi connectivity index (χ0) is 15.3. The average Bonchev–Trinajstić information content (AvgIpc) is 2.43. The van der Waals surface area contributed by atoms with Gasteiger partial charge >= 0.3 is 5.97 Å². The normalized spacial score (nSPS) is 10.3. The van der Waals surface area contributed by atoms with Crippen LogP contribution in [0.3, 0.4) is 0 Å². The highest BCUT2D eigenvalue weighted by Gasteiger charge is 2.22. The highest BCUT2D eigenvalue weighted by molar-refractivity contribution is 5.96. The molecule has 0 saturated heterocycles. The van der Waals surface area contributed by atoms with Gasteiger partial charge in [0.05, 0.1) is 12.7 Å². The molecule has 0 saturated carbocycles. The average molecular weight is 279 g/mol. The molecule has 0 N–H and O–H groups in total. The summed E-state index contributed by atoms with van der Waals surface area (Å²) in [5.74, 6) is 0.0961. The molecule has 1 rings (SSSR count). The molecule has 6 nitrogen and oxygen atoms in total. The molecule has 0 radical (unpaired) electrons. The van der Waals surface area contributed by atoms with Gasteiger partial charge in [-0.15, -0.1) is 0 Å². The third kappa shape index (κ3) is 3.94. The molecule has 1 aromatic heterocycles. The van der Waals surface area contributed by atoms with E-state index >= 15 is 0 Å². The molecule has 110 valence electrons. The highest BCUT2D eigenvalue weighted by atomic mass is 16.5. The Hall–Kier alpha value is -2.11. The number of ether oxygens (including phenoxy) is 1. The van der Waals surface area contributed by atoms with Crippen LogP contribution in [0.5, 0.6) is 0 Å². The number of aromatic nitrogens is 1. The van der Waals surface area contributed by atoms with E-state index < -0.39 is 5.97 Å². The maximum Gasteiger partial charge on any atom is 0.325 e. The number of carbonyl (C=O) groups excluding carboxylic acids is 2. The van der Waals surface area contributed by atoms with Gasteiger partial charge in [0.15, 0.2) is 0 Å². The summed E-state index contributed by atoms with van der Waals surface area (Å²) < 4.78 is 4.61. The molecule has 0 unspecified atom stereocenters. The number of esters is 1. The second-order valence-corrected chi connectivity index (χ2v) is 4.90. The standard InChI is InChI=1S/C14H21N3O3/c1-10(2)17(9-13(18)20-5)14(19)11-6-7-12(15-8-11)16(3)4/h6-8,10H,9H2,1-5H3. The van der Waals surface area contributed by atoms with Gasteiger partial charge in [0, 0.05) is 26.3 Å². The van der Waals surface area contributed by atoms with Gasteiger partial charge in [-0.05, 0) is 26.0 Å². The quantitative estimate of drug-likeness (QED) is 0.757. The van der Waals surface area contributed by atoms with Crippen LogP contribution in [0.4, 0.5) is 5.82 Å². The number of nitrogens with zero attached hydrogens (tertiary/aromatic N) is 3. The second kappa shape index (κ2) is 6.88. The van der Waals surface area contributed by atoms with E-state index in [2.05, 4.69) is 9.72 Å². The van der Waals surface area contributed by atoms with E-state index in [1.807, 2.05) is 32.8 Å². The summed E-state index contributed by atoms with van der Waals surface area (Å²) in [6.07, 6.45) is 1.52. The van der Waals surface area contributed by atoms with Crippen LogP contribution in [0.15, 0.2) is 18.3 Å². The monoisotopic (exact) mass is 279 g/mol. The fraction of sp³-hybridized carbons (Fsp3) is 0.500. The SMILES string of the molecule is COC(=O)CN(C(=O)c1ccc(N(C)C)nc1)C(C)C. The van der Waals surface area contributed by atoms with E-state index in [9.17, 15) is 9.59 Å². The van der Waals surface area contributed by atoms with Crippen molar-refractivity contribution in [2.75, 3.05) is 32.6 Å². The molecule has 20 heavy (non-hydrogen) atoms. The summed E-state index contributed by atoms with van der Waals surface area (Å²) in [7, 11) is 5.06. The van der Waals surface area contributed by atoms with Crippen molar-refractivity contribution in [3.8, 4) is 0 Å². The minimum atomic E-state index is -0.440. The predicted molar refractivity (Wildman–Crippen MR) is 76.8 cm³/mol. The smallest absolute Gasteiger partial charge is 0.325 e. The Balaban J connectivity index is 2.91. The van der Waals surface area contributed by atoms with Crippen LogP contribution in [0, 0.1) is 0 Å². The van der Waals surface area contributed by atoms with E-state index in [0.717, 1.165) is 5.82 Å². The molecule has 0 spiro atoms. The first-order chi connectivity index (χ1) is 9.36. The van der Waals surface area contributed by atoms with E-state index in [1.54, 1.807) is 12.1 Å². The number of pyridine rings is 1. The first kappa shape index (κ1) is 15.9. The zero-order valence-electron chi connectivity index (χ0n) is 12.6. The maximum absolute atomic E-state index is 12.4. The fourth-order valence-corrected chi connectivity index (χ4v) is 1.64. The van der Waals surface area contributed by atoms with Gasteiger partial charge < -0.3 is 14.5 Å². The number of rotatable bonds is 5. The summed E-state index contributed by atoms with van der Waals surface area (Å²) in [6, 6.07) is 3.37. The molecule has 0 bridgehead atoms. The lowest BCUT2D eigenvalue weighted by Gasteiger charge is -2.25. The Morgan fingerprint density at radius 2 is 1.95 bits per heavy atom. The summed E-state index contributed by atoms with van der Waals surface area (Å²) in [4.78, 5) is 31.3. The molecule has 0 aliphatic heterocycles. The van der Waals surface area contributed by atoms with Crippen LogP contribution < -0.4 is 4.90 Å². The number of methoxy groups -OCH3 is 1. The van der Waals surface area contributed by atoms with Gasteiger partial charge in [0.25, 0.3) is 5.91 Å². The van der Waals surface area contributed by atoms with Crippen LogP contribution in [0.25, 0.3) is 0 Å². The number of hydrogen-bond donors (Lipinski definition) is 0. The Labute approximate surface area is 119 Å². The second-order valence-electron chi connectivity index (χ2n) is 4.90. The van der Waals surface area contributed by atoms with Crippen molar-refractivity contribution in [2.45, 2.75) is 19.9 Å². The molecule has 0 fully saturated rings. The van der Waals surface area contributed by atoms with Gasteiger partial charge in [-0.3, -0.25) is 9.59 Å². The van der Waals surface area contributed by atoms with Crippen molar-refractivity contribution in [2.24, 2.45) is 0 Å². The van der Waals surface area contributed by atoms with Crippen LogP contribution in [0.2, 0.25) is 0 Å². The Bertz CT molecular complexity index is 469. The minimum Gasteiger partial charge on any atom is -0.468 e. The lowest BCUT2D eigenvalue weighted by Crippen LogP contribution is -2.41. The van der Waals surface area contributed by atoms with Gasteiger partial charge in [-0.2, -0.15) is 0 Å². The molecule has 6 heteroatoms. The fourth-order valence-electron chi connectivity index (χ4n) is 1.64. The molecular weight excluding hydrogens is 258 g/mol. The third-order valence-corrected chi connectivity index (χ3v) is 2.86. The van der Waals surface area contributed by atoms with Crippen LogP contribution in [0.1, 0.15) is 24.2 Å². The summed E-state index contributed by atoms with van der Waals surface area (Å²) in [6.45, 7) is 3.63. The molecular formula is C14H21N3O3. The number of carbonyl (C=O) groups is 2. The first-order valence-corrected chi connectivity index (χ1v) is 6.38. The zero-order valence-corrected chi connectivity index (χ0v) is 12.6. The minimum absolute atomic E-state index is 0.0670. The third-order valence-electron chi connectivity index (χ3n) is 2.86. The Morgan fingerprint density at radius 1 is 1.30 bits per heavy atom. The van der Waals surface area contributed by atoms with Crippen molar-refractivity contribution in [1.82, 2.24) is 9.88 Å². The van der Waals surface area contributed by atoms with E-state index in [4.69, 9.17) is 0 Å². The van der Waals surface area contributed by atoms with Gasteiger partial charge in [-0.25, -0.2) is 4.98 Å². The largest absolute Gasteiger partial charge is 0.468 e. The molecule has 1 aromatic rings. The molecule has 0 aliphatic rings. The van der Waals surface area contributed by atoms with E-state index in [-0.39, 0.29) is 18.5 Å². The lowest BCUT2D eigenvalue weighted by molar-refractivity contribution is -0.141. The topological polar surface area (TPSA) is 62.7 Å². The Kier molecular flexibility index (Phi) is 5.49. The molecule has 1 heterocycles. The van der Waals surface area contributed by atoms with Crippen molar-refractivity contribution in [1.29, 1.82) is 0 Å². The summed E-state index contributed by atoms with van der Waals surface area (Å²) in [5, 5.41) is 0.